The van der Waals surface area contributed by atoms with Crippen molar-refractivity contribution >= 4 is 22.2 Å². The molecular formula is C26H20N4. The Hall–Kier alpha value is -4.05. The number of nitrogens with zero attached hydrogens (tertiary/aromatic N) is 4. The molecule has 0 aliphatic carbocycles. The van der Waals surface area contributed by atoms with Gasteiger partial charge in [-0.25, -0.2) is 4.99 Å². The van der Waals surface area contributed by atoms with Gasteiger partial charge in [0.25, 0.3) is 0 Å². The van der Waals surface area contributed by atoms with Gasteiger partial charge in [-0.15, -0.1) is 0 Å². The number of rotatable bonds is 4. The summed E-state index contributed by atoms with van der Waals surface area (Å²) in [7, 11) is 1.91. The Bertz CT molecular complexity index is 1290. The summed E-state index contributed by atoms with van der Waals surface area (Å²) in [6, 6.07) is 28.8. The lowest BCUT2D eigenvalue weighted by Gasteiger charge is -2.11. The topological polar surface area (TPSA) is 43.1 Å². The first kappa shape index (κ1) is 18.0. The summed E-state index contributed by atoms with van der Waals surface area (Å²) >= 11 is 0. The summed E-state index contributed by atoms with van der Waals surface area (Å²) < 4.78 is 1.79. The summed E-state index contributed by atoms with van der Waals surface area (Å²) in [6.07, 6.45) is 5.67. The molecular weight excluding hydrogens is 368 g/mol. The third-order valence-electron chi connectivity index (χ3n) is 5.07. The minimum atomic E-state index is 0.889. The van der Waals surface area contributed by atoms with Crippen molar-refractivity contribution < 1.29 is 0 Å². The maximum atomic E-state index is 5.17. The lowest BCUT2D eigenvalue weighted by atomic mass is 10.0. The SMILES string of the molecule is Cn1cc(-c2nccc3cccc(N=C(c4ccccc4)c4ccccc4)c23)cn1. The van der Waals surface area contributed by atoms with Crippen LogP contribution in [0.15, 0.2) is 109 Å². The van der Waals surface area contributed by atoms with Crippen molar-refractivity contribution in [3.05, 3.63) is 115 Å². The second kappa shape index (κ2) is 7.76. The molecule has 30 heavy (non-hydrogen) atoms. The van der Waals surface area contributed by atoms with Crippen LogP contribution in [0.5, 0.6) is 0 Å². The summed E-state index contributed by atoms with van der Waals surface area (Å²) in [5.41, 5.74) is 5.85. The largest absolute Gasteiger partial charge is 0.275 e. The molecule has 2 heterocycles. The van der Waals surface area contributed by atoms with Crippen LogP contribution in [-0.2, 0) is 7.05 Å². The standard InChI is InChI=1S/C26H20N4/c1-30-18-22(17-28-30)26-24-19(15-16-27-26)13-8-14-23(24)29-25(20-9-4-2-5-10-20)21-11-6-3-7-12-21/h2-18H,1H3. The van der Waals surface area contributed by atoms with E-state index in [4.69, 9.17) is 4.99 Å². The van der Waals surface area contributed by atoms with Crippen molar-refractivity contribution in [1.82, 2.24) is 14.8 Å². The molecule has 0 atom stereocenters. The fraction of sp³-hybridized carbons (Fsp3) is 0.0385. The molecule has 4 nitrogen and oxygen atoms in total. The number of aryl methyl sites for hydroxylation is 1. The van der Waals surface area contributed by atoms with Crippen LogP contribution in [-0.4, -0.2) is 20.5 Å². The average molecular weight is 388 g/mol. The van der Waals surface area contributed by atoms with Crippen LogP contribution < -0.4 is 0 Å². The van der Waals surface area contributed by atoms with E-state index in [1.807, 2.05) is 74.2 Å². The molecule has 0 fully saturated rings. The molecule has 0 saturated heterocycles. The van der Waals surface area contributed by atoms with Crippen molar-refractivity contribution in [1.29, 1.82) is 0 Å². The van der Waals surface area contributed by atoms with Gasteiger partial charge in [-0.1, -0.05) is 72.8 Å². The molecule has 0 aliphatic heterocycles. The Morgan fingerprint density at radius 3 is 2.13 bits per heavy atom. The monoisotopic (exact) mass is 388 g/mol. The molecule has 0 unspecified atom stereocenters. The van der Waals surface area contributed by atoms with Crippen LogP contribution in [0.1, 0.15) is 11.1 Å². The van der Waals surface area contributed by atoms with Crippen molar-refractivity contribution in [2.45, 2.75) is 0 Å². The van der Waals surface area contributed by atoms with Crippen LogP contribution >= 0.6 is 0 Å². The number of aliphatic imine (C=N–C) groups is 1. The summed E-state index contributed by atoms with van der Waals surface area (Å²) in [5, 5.41) is 6.45. The Balaban J connectivity index is 1.78. The molecule has 0 aliphatic rings. The Labute approximate surface area is 175 Å². The number of pyridine rings is 1. The van der Waals surface area contributed by atoms with Crippen molar-refractivity contribution in [2.75, 3.05) is 0 Å². The lowest BCUT2D eigenvalue weighted by Crippen LogP contribution is -2.02. The molecule has 5 aromatic rings. The highest BCUT2D eigenvalue weighted by atomic mass is 15.2. The van der Waals surface area contributed by atoms with Crippen molar-refractivity contribution in [3.63, 3.8) is 0 Å². The predicted octanol–water partition coefficient (Wildman–Crippen LogP) is 5.80. The Morgan fingerprint density at radius 2 is 1.50 bits per heavy atom. The van der Waals surface area contributed by atoms with Crippen LogP contribution in [0, 0.1) is 0 Å². The molecule has 3 aromatic carbocycles. The van der Waals surface area contributed by atoms with E-state index in [-0.39, 0.29) is 0 Å². The summed E-state index contributed by atoms with van der Waals surface area (Å²) in [5.74, 6) is 0. The van der Waals surface area contributed by atoms with E-state index in [1.54, 1.807) is 4.68 Å². The lowest BCUT2D eigenvalue weighted by molar-refractivity contribution is 0.768. The Kier molecular flexibility index (Phi) is 4.66. The van der Waals surface area contributed by atoms with E-state index >= 15 is 0 Å². The molecule has 2 aromatic heterocycles. The third kappa shape index (κ3) is 3.40. The molecule has 0 spiro atoms. The molecule has 4 heteroatoms. The van der Waals surface area contributed by atoms with Crippen LogP contribution in [0.2, 0.25) is 0 Å². The maximum absolute atomic E-state index is 5.17. The third-order valence-corrected chi connectivity index (χ3v) is 5.07. The second-order valence-electron chi connectivity index (χ2n) is 7.13. The maximum Gasteiger partial charge on any atom is 0.0833 e. The van der Waals surface area contributed by atoms with Crippen LogP contribution in [0.3, 0.4) is 0 Å². The van der Waals surface area contributed by atoms with Crippen LogP contribution in [0.4, 0.5) is 5.69 Å². The number of benzene rings is 3. The average Bonchev–Trinajstić information content (AvgIpc) is 3.24. The van der Waals surface area contributed by atoms with E-state index in [0.717, 1.165) is 44.6 Å². The molecule has 0 N–H and O–H groups in total. The normalized spacial score (nSPS) is 10.8. The van der Waals surface area contributed by atoms with Gasteiger partial charge in [-0.2, -0.15) is 5.10 Å². The van der Waals surface area contributed by atoms with Gasteiger partial charge in [0.1, 0.15) is 0 Å². The van der Waals surface area contributed by atoms with E-state index in [1.165, 1.54) is 0 Å². The molecule has 0 amide bonds. The van der Waals surface area contributed by atoms with Gasteiger partial charge >= 0.3 is 0 Å². The minimum absolute atomic E-state index is 0.889. The zero-order valence-electron chi connectivity index (χ0n) is 16.6. The fourth-order valence-electron chi connectivity index (χ4n) is 3.67. The molecule has 0 saturated carbocycles. The Morgan fingerprint density at radius 1 is 0.800 bits per heavy atom. The molecule has 144 valence electrons. The smallest absolute Gasteiger partial charge is 0.0833 e. The van der Waals surface area contributed by atoms with Gasteiger partial charge in [0.2, 0.25) is 0 Å². The number of fused-ring (bicyclic) bond motifs is 1. The quantitative estimate of drug-likeness (QED) is 0.365. The first-order chi connectivity index (χ1) is 14.8. The van der Waals surface area contributed by atoms with Gasteiger partial charge in [-0.05, 0) is 17.5 Å². The van der Waals surface area contributed by atoms with Crippen molar-refractivity contribution in [2.24, 2.45) is 12.0 Å². The predicted molar refractivity (Wildman–Crippen MR) is 122 cm³/mol. The highest BCUT2D eigenvalue weighted by molar-refractivity contribution is 6.15. The first-order valence-electron chi connectivity index (χ1n) is 9.86. The molecule has 0 radical (unpaired) electrons. The number of hydrogen-bond donors (Lipinski definition) is 0. The first-order valence-corrected chi connectivity index (χ1v) is 9.86. The van der Waals surface area contributed by atoms with E-state index in [0.29, 0.717) is 0 Å². The van der Waals surface area contributed by atoms with Gasteiger partial charge in [-0.3, -0.25) is 9.67 Å². The fourth-order valence-corrected chi connectivity index (χ4v) is 3.67. The van der Waals surface area contributed by atoms with E-state index in [2.05, 4.69) is 46.5 Å². The van der Waals surface area contributed by atoms with Gasteiger partial charge in [0.05, 0.1) is 23.3 Å². The van der Waals surface area contributed by atoms with Gasteiger partial charge in [0, 0.05) is 41.5 Å². The summed E-state index contributed by atoms with van der Waals surface area (Å²) in [6.45, 7) is 0. The van der Waals surface area contributed by atoms with E-state index in [9.17, 15) is 0 Å². The van der Waals surface area contributed by atoms with Gasteiger partial charge < -0.3 is 0 Å². The van der Waals surface area contributed by atoms with Crippen LogP contribution in [0.25, 0.3) is 22.0 Å². The zero-order valence-corrected chi connectivity index (χ0v) is 16.6. The number of hydrogen-bond acceptors (Lipinski definition) is 3. The number of aromatic nitrogens is 3. The summed E-state index contributed by atoms with van der Waals surface area (Å²) in [4.78, 5) is 9.85. The van der Waals surface area contributed by atoms with E-state index < -0.39 is 0 Å². The highest BCUT2D eigenvalue weighted by Gasteiger charge is 2.13. The zero-order chi connectivity index (χ0) is 20.3. The van der Waals surface area contributed by atoms with Gasteiger partial charge in [0.15, 0.2) is 0 Å². The molecule has 5 rings (SSSR count). The minimum Gasteiger partial charge on any atom is -0.275 e. The molecule has 0 bridgehead atoms. The highest BCUT2D eigenvalue weighted by Crippen LogP contribution is 2.34. The van der Waals surface area contributed by atoms with Crippen molar-refractivity contribution in [3.8, 4) is 11.3 Å². The second-order valence-corrected chi connectivity index (χ2v) is 7.13.